The predicted molar refractivity (Wildman–Crippen MR) is 73.6 cm³/mol. The van der Waals surface area contributed by atoms with Crippen LogP contribution in [0.1, 0.15) is 10.4 Å². The van der Waals surface area contributed by atoms with Crippen LogP contribution in [0.4, 0.5) is 5.69 Å². The van der Waals surface area contributed by atoms with E-state index in [0.717, 1.165) is 9.37 Å². The van der Waals surface area contributed by atoms with Crippen LogP contribution in [0.5, 0.6) is 0 Å². The van der Waals surface area contributed by atoms with E-state index in [4.69, 9.17) is 0 Å². The number of anilines is 1. The van der Waals surface area contributed by atoms with E-state index in [1.165, 1.54) is 6.20 Å². The molecule has 0 atom stereocenters. The molecule has 1 heterocycles. The number of thiol groups is 1. The maximum Gasteiger partial charge on any atom is 0.257 e. The van der Waals surface area contributed by atoms with E-state index in [1.807, 2.05) is 18.2 Å². The topological polar surface area (TPSA) is 42.0 Å². The molecular formula is C12H9BrN2OS. The van der Waals surface area contributed by atoms with Crippen LogP contribution in [0, 0.1) is 0 Å². The molecule has 0 fully saturated rings. The molecule has 0 bridgehead atoms. The second-order valence-corrected chi connectivity index (χ2v) is 4.83. The lowest BCUT2D eigenvalue weighted by Gasteiger charge is -2.05. The smallest absolute Gasteiger partial charge is 0.257 e. The molecule has 0 radical (unpaired) electrons. The number of nitrogens with zero attached hydrogens (tertiary/aromatic N) is 1. The molecule has 0 saturated carbocycles. The molecule has 0 spiro atoms. The Morgan fingerprint density at radius 1 is 1.29 bits per heavy atom. The molecule has 0 aliphatic heterocycles. The number of hydrogen-bond acceptors (Lipinski definition) is 3. The van der Waals surface area contributed by atoms with E-state index in [2.05, 4.69) is 38.9 Å². The highest BCUT2D eigenvalue weighted by Crippen LogP contribution is 2.15. The zero-order valence-electron chi connectivity index (χ0n) is 8.72. The third-order valence-corrected chi connectivity index (χ3v) is 2.78. The number of hydrogen-bond donors (Lipinski definition) is 2. The number of rotatable bonds is 2. The van der Waals surface area contributed by atoms with Gasteiger partial charge in [0.25, 0.3) is 5.91 Å². The fraction of sp³-hybridized carbons (Fsp3) is 0. The van der Waals surface area contributed by atoms with Crippen molar-refractivity contribution in [1.29, 1.82) is 0 Å². The summed E-state index contributed by atoms with van der Waals surface area (Å²) in [7, 11) is 0. The molecule has 1 amide bonds. The Balaban J connectivity index is 2.17. The van der Waals surface area contributed by atoms with Gasteiger partial charge in [-0.05, 0) is 40.2 Å². The number of carbonyl (C=O) groups is 1. The summed E-state index contributed by atoms with van der Waals surface area (Å²) in [6, 6.07) is 8.98. The number of aromatic nitrogens is 1. The standard InChI is InChI=1S/C12H9BrN2OS/c13-9-4-8(6-14-7-9)12(16)15-10-2-1-3-11(17)5-10/h1-7,17H,(H,15,16). The zero-order valence-corrected chi connectivity index (χ0v) is 11.2. The molecule has 1 aromatic carbocycles. The molecule has 86 valence electrons. The van der Waals surface area contributed by atoms with Crippen molar-refractivity contribution in [2.45, 2.75) is 4.90 Å². The maximum atomic E-state index is 11.9. The number of benzene rings is 1. The summed E-state index contributed by atoms with van der Waals surface area (Å²) in [6.07, 6.45) is 3.15. The molecule has 3 nitrogen and oxygen atoms in total. The summed E-state index contributed by atoms with van der Waals surface area (Å²) in [5, 5.41) is 2.78. The van der Waals surface area contributed by atoms with Gasteiger partial charge in [0.15, 0.2) is 0 Å². The highest BCUT2D eigenvalue weighted by atomic mass is 79.9. The number of nitrogens with one attached hydrogen (secondary N) is 1. The molecule has 0 unspecified atom stereocenters. The van der Waals surface area contributed by atoms with Crippen LogP contribution < -0.4 is 5.32 Å². The van der Waals surface area contributed by atoms with Crippen molar-refractivity contribution < 1.29 is 4.79 Å². The van der Waals surface area contributed by atoms with Gasteiger partial charge in [0, 0.05) is 27.4 Å². The largest absolute Gasteiger partial charge is 0.322 e. The van der Waals surface area contributed by atoms with Crippen molar-refractivity contribution >= 4 is 40.2 Å². The lowest BCUT2D eigenvalue weighted by atomic mass is 10.2. The van der Waals surface area contributed by atoms with E-state index in [9.17, 15) is 4.79 Å². The van der Waals surface area contributed by atoms with Crippen molar-refractivity contribution in [3.8, 4) is 0 Å². The first-order valence-corrected chi connectivity index (χ1v) is 6.10. The molecule has 17 heavy (non-hydrogen) atoms. The van der Waals surface area contributed by atoms with Gasteiger partial charge in [-0.2, -0.15) is 0 Å². The normalized spacial score (nSPS) is 10.0. The van der Waals surface area contributed by atoms with E-state index in [0.29, 0.717) is 11.3 Å². The second-order valence-electron chi connectivity index (χ2n) is 3.40. The lowest BCUT2D eigenvalue weighted by Crippen LogP contribution is -2.12. The van der Waals surface area contributed by atoms with Crippen LogP contribution >= 0.6 is 28.6 Å². The van der Waals surface area contributed by atoms with Gasteiger partial charge in [-0.1, -0.05) is 6.07 Å². The molecule has 1 N–H and O–H groups in total. The van der Waals surface area contributed by atoms with Gasteiger partial charge >= 0.3 is 0 Å². The summed E-state index contributed by atoms with van der Waals surface area (Å²) in [5.74, 6) is -0.197. The summed E-state index contributed by atoms with van der Waals surface area (Å²) in [5.41, 5.74) is 1.21. The summed E-state index contributed by atoms with van der Waals surface area (Å²) < 4.78 is 0.771. The average molecular weight is 309 g/mol. The zero-order chi connectivity index (χ0) is 12.3. The molecular weight excluding hydrogens is 300 g/mol. The van der Waals surface area contributed by atoms with Crippen molar-refractivity contribution in [3.63, 3.8) is 0 Å². The Bertz CT molecular complexity index is 560. The van der Waals surface area contributed by atoms with Gasteiger partial charge in [0.05, 0.1) is 5.56 Å². The highest BCUT2D eigenvalue weighted by Gasteiger charge is 2.06. The van der Waals surface area contributed by atoms with Crippen LogP contribution in [-0.2, 0) is 0 Å². The Kier molecular flexibility index (Phi) is 3.81. The third-order valence-electron chi connectivity index (χ3n) is 2.07. The Labute approximate surface area is 113 Å². The minimum Gasteiger partial charge on any atom is -0.322 e. The van der Waals surface area contributed by atoms with Gasteiger partial charge in [0.1, 0.15) is 0 Å². The third kappa shape index (κ3) is 3.31. The van der Waals surface area contributed by atoms with E-state index in [1.54, 1.807) is 18.3 Å². The quantitative estimate of drug-likeness (QED) is 0.835. The highest BCUT2D eigenvalue weighted by molar-refractivity contribution is 9.10. The van der Waals surface area contributed by atoms with E-state index >= 15 is 0 Å². The lowest BCUT2D eigenvalue weighted by molar-refractivity contribution is 0.102. The van der Waals surface area contributed by atoms with Gasteiger partial charge in [0.2, 0.25) is 0 Å². The Morgan fingerprint density at radius 3 is 2.82 bits per heavy atom. The Hall–Kier alpha value is -1.33. The monoisotopic (exact) mass is 308 g/mol. The number of amides is 1. The summed E-state index contributed by atoms with van der Waals surface area (Å²) in [4.78, 5) is 16.6. The minimum atomic E-state index is -0.197. The maximum absolute atomic E-state index is 11.9. The summed E-state index contributed by atoms with van der Waals surface area (Å²) in [6.45, 7) is 0. The number of pyridine rings is 1. The average Bonchev–Trinajstić information content (AvgIpc) is 2.29. The Morgan fingerprint density at radius 2 is 2.12 bits per heavy atom. The van der Waals surface area contributed by atoms with Gasteiger partial charge < -0.3 is 5.32 Å². The van der Waals surface area contributed by atoms with Crippen molar-refractivity contribution in [2.24, 2.45) is 0 Å². The molecule has 0 aliphatic carbocycles. The fourth-order valence-electron chi connectivity index (χ4n) is 1.32. The van der Waals surface area contributed by atoms with Crippen LogP contribution in [0.25, 0.3) is 0 Å². The first-order chi connectivity index (χ1) is 8.15. The van der Waals surface area contributed by atoms with Gasteiger partial charge in [-0.25, -0.2) is 0 Å². The minimum absolute atomic E-state index is 0.197. The first-order valence-electron chi connectivity index (χ1n) is 4.86. The number of carbonyl (C=O) groups excluding carboxylic acids is 1. The first kappa shape index (κ1) is 12.1. The second kappa shape index (κ2) is 5.33. The van der Waals surface area contributed by atoms with E-state index < -0.39 is 0 Å². The van der Waals surface area contributed by atoms with Gasteiger partial charge in [-0.3, -0.25) is 9.78 Å². The van der Waals surface area contributed by atoms with Crippen LogP contribution in [0.2, 0.25) is 0 Å². The van der Waals surface area contributed by atoms with Crippen LogP contribution in [0.3, 0.4) is 0 Å². The molecule has 2 aromatic rings. The van der Waals surface area contributed by atoms with Crippen LogP contribution in [0.15, 0.2) is 52.1 Å². The molecule has 5 heteroatoms. The molecule has 2 rings (SSSR count). The van der Waals surface area contributed by atoms with Crippen molar-refractivity contribution in [2.75, 3.05) is 5.32 Å². The molecule has 0 aliphatic rings. The predicted octanol–water partition coefficient (Wildman–Crippen LogP) is 3.39. The molecule has 0 saturated heterocycles. The number of halogens is 1. The van der Waals surface area contributed by atoms with E-state index in [-0.39, 0.29) is 5.91 Å². The van der Waals surface area contributed by atoms with Crippen molar-refractivity contribution in [3.05, 3.63) is 52.8 Å². The van der Waals surface area contributed by atoms with Gasteiger partial charge in [-0.15, -0.1) is 12.6 Å². The molecule has 1 aromatic heterocycles. The fourth-order valence-corrected chi connectivity index (χ4v) is 1.91. The SMILES string of the molecule is O=C(Nc1cccc(S)c1)c1cncc(Br)c1. The van der Waals surface area contributed by atoms with Crippen LogP contribution in [-0.4, -0.2) is 10.9 Å². The van der Waals surface area contributed by atoms with Crippen molar-refractivity contribution in [1.82, 2.24) is 4.98 Å². The summed E-state index contributed by atoms with van der Waals surface area (Å²) >= 11 is 7.48.